The van der Waals surface area contributed by atoms with E-state index in [9.17, 15) is 4.79 Å². The molecule has 0 bridgehead atoms. The maximum atomic E-state index is 11.0. The minimum Gasteiger partial charge on any atom is -0.460 e. The molecule has 6 heteroatoms. The van der Waals surface area contributed by atoms with Crippen molar-refractivity contribution in [1.82, 2.24) is 0 Å². The van der Waals surface area contributed by atoms with Gasteiger partial charge in [0.15, 0.2) is 0 Å². The van der Waals surface area contributed by atoms with Gasteiger partial charge in [-0.2, -0.15) is 0 Å². The molecule has 0 aromatic heterocycles. The lowest BCUT2D eigenvalue weighted by atomic mass is 10.4. The molecule has 0 atom stereocenters. The van der Waals surface area contributed by atoms with E-state index in [0.717, 1.165) is 12.5 Å². The van der Waals surface area contributed by atoms with Crippen molar-refractivity contribution in [3.05, 3.63) is 12.2 Å². The summed E-state index contributed by atoms with van der Waals surface area (Å²) in [6, 6.07) is 0.807. The number of halogens is 2. The van der Waals surface area contributed by atoms with E-state index >= 15 is 0 Å². The Kier molecular flexibility index (Phi) is 8.10. The van der Waals surface area contributed by atoms with Crippen LogP contribution < -0.4 is 0 Å². The highest BCUT2D eigenvalue weighted by Gasteiger charge is 2.19. The highest BCUT2D eigenvalue weighted by atomic mass is 35.7. The summed E-state index contributed by atoms with van der Waals surface area (Å²) in [6.45, 7) is 6.20. The van der Waals surface area contributed by atoms with Crippen LogP contribution in [0.15, 0.2) is 12.2 Å². The van der Waals surface area contributed by atoms with E-state index in [1.165, 1.54) is 0 Å². The van der Waals surface area contributed by atoms with Crippen molar-refractivity contribution >= 4 is 34.8 Å². The first-order valence-electron chi connectivity index (χ1n) is 5.11. The summed E-state index contributed by atoms with van der Waals surface area (Å²) in [4.78, 5) is 11.0. The zero-order chi connectivity index (χ0) is 12.6. The van der Waals surface area contributed by atoms with Crippen molar-refractivity contribution in [3.63, 3.8) is 0 Å². The fourth-order valence-corrected chi connectivity index (χ4v) is 2.47. The lowest BCUT2D eigenvalue weighted by Gasteiger charge is -2.10. The number of carbonyl (C=O) groups is 1. The molecular formula is C10H18Cl2O3Si. The SMILES string of the molecule is C=C(C)C(=O)OCCOCCC[Si](C)(Cl)Cl. The Balaban J connectivity index is 3.29. The van der Waals surface area contributed by atoms with Gasteiger partial charge in [-0.15, -0.1) is 22.2 Å². The third-order valence-electron chi connectivity index (χ3n) is 1.71. The van der Waals surface area contributed by atoms with E-state index in [-0.39, 0.29) is 12.6 Å². The fourth-order valence-electron chi connectivity index (χ4n) is 0.903. The van der Waals surface area contributed by atoms with Crippen LogP contribution in [-0.2, 0) is 14.3 Å². The van der Waals surface area contributed by atoms with Gasteiger partial charge in [-0.05, 0) is 25.9 Å². The number of rotatable bonds is 8. The largest absolute Gasteiger partial charge is 0.460 e. The van der Waals surface area contributed by atoms with Crippen LogP contribution in [0.25, 0.3) is 0 Å². The van der Waals surface area contributed by atoms with Crippen LogP contribution >= 0.6 is 22.2 Å². The summed E-state index contributed by atoms with van der Waals surface area (Å²) < 4.78 is 10.1. The number of esters is 1. The maximum Gasteiger partial charge on any atom is 0.333 e. The highest BCUT2D eigenvalue weighted by Crippen LogP contribution is 2.21. The van der Waals surface area contributed by atoms with E-state index in [1.54, 1.807) is 6.92 Å². The molecule has 0 saturated heterocycles. The van der Waals surface area contributed by atoms with Crippen molar-refractivity contribution in [2.24, 2.45) is 0 Å². The van der Waals surface area contributed by atoms with Crippen molar-refractivity contribution < 1.29 is 14.3 Å². The second-order valence-corrected chi connectivity index (χ2v) is 11.9. The Morgan fingerprint density at radius 1 is 1.31 bits per heavy atom. The van der Waals surface area contributed by atoms with Crippen LogP contribution in [-0.4, -0.2) is 32.5 Å². The molecule has 0 aliphatic heterocycles. The molecule has 0 radical (unpaired) electrons. The lowest BCUT2D eigenvalue weighted by Crippen LogP contribution is -2.14. The van der Waals surface area contributed by atoms with Crippen LogP contribution in [0.5, 0.6) is 0 Å². The monoisotopic (exact) mass is 284 g/mol. The highest BCUT2D eigenvalue weighted by molar-refractivity contribution is 7.44. The fraction of sp³-hybridized carbons (Fsp3) is 0.700. The van der Waals surface area contributed by atoms with Crippen LogP contribution in [0.1, 0.15) is 13.3 Å². The molecule has 0 aromatic carbocycles. The summed E-state index contributed by atoms with van der Waals surface area (Å²) in [6.07, 6.45) is 0.837. The molecule has 0 fully saturated rings. The predicted octanol–water partition coefficient (Wildman–Crippen LogP) is 3.06. The molecule has 0 N–H and O–H groups in total. The van der Waals surface area contributed by atoms with Crippen LogP contribution in [0.2, 0.25) is 12.6 Å². The molecule has 0 aromatic rings. The van der Waals surface area contributed by atoms with E-state index in [1.807, 2.05) is 6.55 Å². The first kappa shape index (κ1) is 16.0. The first-order chi connectivity index (χ1) is 7.33. The molecule has 0 aliphatic rings. The molecule has 0 rings (SSSR count). The minimum atomic E-state index is -1.99. The van der Waals surface area contributed by atoms with Gasteiger partial charge in [0.2, 0.25) is 6.69 Å². The molecule has 0 unspecified atom stereocenters. The van der Waals surface area contributed by atoms with Gasteiger partial charge in [0.25, 0.3) is 0 Å². The molecule has 0 amide bonds. The maximum absolute atomic E-state index is 11.0. The average Bonchev–Trinajstić information content (AvgIpc) is 2.14. The summed E-state index contributed by atoms with van der Waals surface area (Å²) in [5, 5.41) is 0. The van der Waals surface area contributed by atoms with Crippen molar-refractivity contribution in [3.8, 4) is 0 Å². The van der Waals surface area contributed by atoms with Gasteiger partial charge in [0, 0.05) is 12.2 Å². The number of carbonyl (C=O) groups excluding carboxylic acids is 1. The van der Waals surface area contributed by atoms with E-state index in [2.05, 4.69) is 6.58 Å². The van der Waals surface area contributed by atoms with Gasteiger partial charge in [-0.3, -0.25) is 0 Å². The summed E-state index contributed by atoms with van der Waals surface area (Å²) in [7, 11) is 0. The molecular weight excluding hydrogens is 267 g/mol. The van der Waals surface area contributed by atoms with Crippen LogP contribution in [0.4, 0.5) is 0 Å². The standard InChI is InChI=1S/C10H18Cl2O3Si/c1-9(2)10(13)15-7-6-14-5-4-8-16(3,11)12/h1,4-8H2,2-3H3. The van der Waals surface area contributed by atoms with Gasteiger partial charge >= 0.3 is 5.97 Å². The summed E-state index contributed by atoms with van der Waals surface area (Å²) in [5.41, 5.74) is 0.394. The quantitative estimate of drug-likeness (QED) is 0.226. The zero-order valence-corrected chi connectivity index (χ0v) is 12.2. The van der Waals surface area contributed by atoms with E-state index in [4.69, 9.17) is 31.6 Å². The third kappa shape index (κ3) is 10.5. The average molecular weight is 285 g/mol. The van der Waals surface area contributed by atoms with E-state index in [0.29, 0.717) is 18.8 Å². The molecule has 16 heavy (non-hydrogen) atoms. The third-order valence-corrected chi connectivity index (χ3v) is 4.08. The van der Waals surface area contributed by atoms with Crippen molar-refractivity contribution in [2.45, 2.75) is 25.9 Å². The number of hydrogen-bond donors (Lipinski definition) is 0. The topological polar surface area (TPSA) is 35.5 Å². The zero-order valence-electron chi connectivity index (χ0n) is 9.72. The Morgan fingerprint density at radius 2 is 1.94 bits per heavy atom. The summed E-state index contributed by atoms with van der Waals surface area (Å²) in [5.74, 6) is -0.384. The van der Waals surface area contributed by atoms with Gasteiger partial charge in [-0.25, -0.2) is 4.79 Å². The van der Waals surface area contributed by atoms with Crippen molar-refractivity contribution in [2.75, 3.05) is 19.8 Å². The Labute approximate surface area is 107 Å². The second-order valence-electron chi connectivity index (χ2n) is 3.70. The Hall–Kier alpha value is -0.0331. The van der Waals surface area contributed by atoms with E-state index < -0.39 is 6.69 Å². The Morgan fingerprint density at radius 3 is 2.44 bits per heavy atom. The second kappa shape index (κ2) is 8.12. The lowest BCUT2D eigenvalue weighted by molar-refractivity contribution is -0.140. The predicted molar refractivity (Wildman–Crippen MR) is 69.3 cm³/mol. The molecule has 0 saturated carbocycles. The first-order valence-corrected chi connectivity index (χ1v) is 9.84. The number of ether oxygens (including phenoxy) is 2. The minimum absolute atomic E-state index is 0.252. The van der Waals surface area contributed by atoms with Gasteiger partial charge < -0.3 is 9.47 Å². The van der Waals surface area contributed by atoms with Crippen LogP contribution in [0.3, 0.4) is 0 Å². The molecule has 3 nitrogen and oxygen atoms in total. The van der Waals surface area contributed by atoms with Gasteiger partial charge in [-0.1, -0.05) is 6.58 Å². The normalized spacial score (nSPS) is 11.2. The molecule has 0 aliphatic carbocycles. The molecule has 94 valence electrons. The molecule has 0 heterocycles. The van der Waals surface area contributed by atoms with Crippen molar-refractivity contribution in [1.29, 1.82) is 0 Å². The van der Waals surface area contributed by atoms with Gasteiger partial charge in [0.05, 0.1) is 6.61 Å². The molecule has 0 spiro atoms. The van der Waals surface area contributed by atoms with Gasteiger partial charge in [0.1, 0.15) is 6.61 Å². The summed E-state index contributed by atoms with van der Waals surface area (Å²) >= 11 is 11.8. The Bertz CT molecular complexity index is 239. The smallest absolute Gasteiger partial charge is 0.333 e. The number of hydrogen-bond acceptors (Lipinski definition) is 3. The van der Waals surface area contributed by atoms with Crippen LogP contribution in [0, 0.1) is 0 Å².